The molecule has 1 amide bonds. The summed E-state index contributed by atoms with van der Waals surface area (Å²) in [5.74, 6) is 0.157. The van der Waals surface area contributed by atoms with Crippen LogP contribution in [0.25, 0.3) is 0 Å². The van der Waals surface area contributed by atoms with E-state index in [0.29, 0.717) is 0 Å². The van der Waals surface area contributed by atoms with Crippen LogP contribution in [0.3, 0.4) is 0 Å². The fourth-order valence-electron chi connectivity index (χ4n) is 4.63. The van der Waals surface area contributed by atoms with Gasteiger partial charge < -0.3 is 16.1 Å². The summed E-state index contributed by atoms with van der Waals surface area (Å²) in [5.41, 5.74) is 2.89. The maximum atomic E-state index is 12.6. The monoisotopic (exact) mass is 494 g/mol. The van der Waals surface area contributed by atoms with Crippen LogP contribution in [0.15, 0.2) is 5.10 Å². The quantitative estimate of drug-likeness (QED) is 0.0562. The molecule has 0 saturated heterocycles. The first-order valence-electron chi connectivity index (χ1n) is 15.5. The summed E-state index contributed by atoms with van der Waals surface area (Å²) >= 11 is 0. The number of hydrogen-bond acceptors (Lipinski definition) is 4. The van der Waals surface area contributed by atoms with Crippen LogP contribution in [-0.2, 0) is 4.79 Å². The summed E-state index contributed by atoms with van der Waals surface area (Å²) in [6, 6.07) is -0.0934. The molecule has 1 atom stereocenters. The number of nitrogens with zero attached hydrogens (tertiary/aromatic N) is 1. The van der Waals surface area contributed by atoms with E-state index in [0.717, 1.165) is 45.3 Å². The van der Waals surface area contributed by atoms with Crippen molar-refractivity contribution in [2.45, 2.75) is 161 Å². The molecule has 0 aliphatic rings. The Labute approximate surface area is 219 Å². The second-order valence-corrected chi connectivity index (χ2v) is 10.4. The summed E-state index contributed by atoms with van der Waals surface area (Å²) in [6.45, 7) is 10.4. The highest BCUT2D eigenvalue weighted by atomic mass is 16.2. The number of carbonyl (C=O) groups is 1. The minimum atomic E-state index is -0.0934. The normalized spacial score (nSPS) is 11.9. The highest BCUT2D eigenvalue weighted by Crippen LogP contribution is 2.13. The molecule has 35 heavy (non-hydrogen) atoms. The zero-order valence-corrected chi connectivity index (χ0v) is 23.8. The Morgan fingerprint density at radius 3 is 1.51 bits per heavy atom. The maximum Gasteiger partial charge on any atom is 0.237 e. The third-order valence-electron chi connectivity index (χ3n) is 6.96. The second kappa shape index (κ2) is 29.1. The van der Waals surface area contributed by atoms with E-state index in [2.05, 4.69) is 41.7 Å². The minimum Gasteiger partial charge on any atom is -0.355 e. The molecule has 208 valence electrons. The lowest BCUT2D eigenvalue weighted by Crippen LogP contribution is -2.45. The number of rotatable bonds is 29. The highest BCUT2D eigenvalue weighted by Gasteiger charge is 2.16. The zero-order chi connectivity index (χ0) is 25.7. The lowest BCUT2D eigenvalue weighted by atomic mass is 10.0. The largest absolute Gasteiger partial charge is 0.355 e. The van der Waals surface area contributed by atoms with Crippen molar-refractivity contribution < 1.29 is 4.79 Å². The van der Waals surface area contributed by atoms with E-state index in [-0.39, 0.29) is 11.9 Å². The molecule has 0 spiro atoms. The predicted molar refractivity (Wildman–Crippen MR) is 155 cm³/mol. The second-order valence-electron chi connectivity index (χ2n) is 10.4. The molecule has 0 fully saturated rings. The van der Waals surface area contributed by atoms with Gasteiger partial charge in [0.15, 0.2) is 0 Å². The molecule has 1 unspecified atom stereocenters. The van der Waals surface area contributed by atoms with Gasteiger partial charge in [-0.05, 0) is 32.2 Å². The number of carbonyl (C=O) groups excluding carboxylic acids is 1. The van der Waals surface area contributed by atoms with Crippen molar-refractivity contribution in [2.75, 3.05) is 19.6 Å². The molecule has 0 aliphatic carbocycles. The van der Waals surface area contributed by atoms with Gasteiger partial charge in [0.25, 0.3) is 0 Å². The van der Waals surface area contributed by atoms with E-state index in [1.54, 1.807) is 0 Å². The van der Waals surface area contributed by atoms with E-state index in [1.807, 2.05) is 0 Å². The van der Waals surface area contributed by atoms with Gasteiger partial charge in [-0.2, -0.15) is 5.10 Å². The topological polar surface area (TPSA) is 65.5 Å². The average molecular weight is 495 g/mol. The third kappa shape index (κ3) is 25.8. The van der Waals surface area contributed by atoms with Gasteiger partial charge in [-0.1, -0.05) is 129 Å². The number of amides is 1. The predicted octanol–water partition coefficient (Wildman–Crippen LogP) is 7.89. The van der Waals surface area contributed by atoms with Crippen LogP contribution in [0.5, 0.6) is 0 Å². The lowest BCUT2D eigenvalue weighted by molar-refractivity contribution is -0.123. The molecule has 0 aromatic carbocycles. The smallest absolute Gasteiger partial charge is 0.237 e. The van der Waals surface area contributed by atoms with Gasteiger partial charge in [-0.3, -0.25) is 4.79 Å². The summed E-state index contributed by atoms with van der Waals surface area (Å²) in [5, 5.41) is 10.3. The van der Waals surface area contributed by atoms with Gasteiger partial charge in [-0.15, -0.1) is 0 Å². The van der Waals surface area contributed by atoms with Crippen LogP contribution in [0, 0.1) is 0 Å². The average Bonchev–Trinajstić information content (AvgIpc) is 2.86. The van der Waals surface area contributed by atoms with Gasteiger partial charge in [0, 0.05) is 19.8 Å². The first-order valence-corrected chi connectivity index (χ1v) is 15.5. The molecule has 0 aromatic rings. The van der Waals surface area contributed by atoms with E-state index < -0.39 is 0 Å². The molecule has 3 N–H and O–H groups in total. The maximum absolute atomic E-state index is 12.6. The van der Waals surface area contributed by atoms with E-state index >= 15 is 0 Å². The molecule has 0 saturated carbocycles. The first-order chi connectivity index (χ1) is 17.3. The van der Waals surface area contributed by atoms with Crippen LogP contribution in [0.4, 0.5) is 0 Å². The van der Waals surface area contributed by atoms with E-state index in [9.17, 15) is 4.79 Å². The SMILES string of the molecule is C=NNCCCC(NCCCCCCCCCCCCCCCCCC)C(=O)NCCCCCC. The summed E-state index contributed by atoms with van der Waals surface area (Å²) in [7, 11) is 0. The number of hydrogen-bond donors (Lipinski definition) is 3. The molecule has 0 aliphatic heterocycles. The van der Waals surface area contributed by atoms with Crippen molar-refractivity contribution in [1.29, 1.82) is 0 Å². The number of nitrogens with one attached hydrogen (secondary N) is 3. The Morgan fingerprint density at radius 2 is 1.03 bits per heavy atom. The Kier molecular flexibility index (Phi) is 28.2. The van der Waals surface area contributed by atoms with Crippen LogP contribution in [-0.4, -0.2) is 38.3 Å². The molecular weight excluding hydrogens is 432 g/mol. The fraction of sp³-hybridized carbons (Fsp3) is 0.933. The number of unbranched alkanes of at least 4 members (excludes halogenated alkanes) is 18. The molecule has 5 nitrogen and oxygen atoms in total. The first kappa shape index (κ1) is 33.9. The molecule has 0 aromatic heterocycles. The zero-order valence-electron chi connectivity index (χ0n) is 23.8. The highest BCUT2D eigenvalue weighted by molar-refractivity contribution is 5.81. The summed E-state index contributed by atoms with van der Waals surface area (Å²) < 4.78 is 0. The Hall–Kier alpha value is -1.10. The van der Waals surface area contributed by atoms with Gasteiger partial charge in [0.2, 0.25) is 5.91 Å². The van der Waals surface area contributed by atoms with Crippen molar-refractivity contribution in [2.24, 2.45) is 5.10 Å². The van der Waals surface area contributed by atoms with Crippen molar-refractivity contribution in [3.05, 3.63) is 0 Å². The van der Waals surface area contributed by atoms with Gasteiger partial charge in [-0.25, -0.2) is 0 Å². The van der Waals surface area contributed by atoms with Crippen LogP contribution < -0.4 is 16.1 Å². The van der Waals surface area contributed by atoms with Gasteiger partial charge >= 0.3 is 0 Å². The fourth-order valence-corrected chi connectivity index (χ4v) is 4.63. The number of hydrazone groups is 1. The van der Waals surface area contributed by atoms with Crippen molar-refractivity contribution in [3.63, 3.8) is 0 Å². The van der Waals surface area contributed by atoms with Gasteiger partial charge in [0.1, 0.15) is 0 Å². The molecule has 5 heteroatoms. The summed E-state index contributed by atoms with van der Waals surface area (Å²) in [4.78, 5) is 12.6. The Bertz CT molecular complexity index is 444. The molecule has 0 heterocycles. The Morgan fingerprint density at radius 1 is 0.600 bits per heavy atom. The standard InChI is InChI=1S/C30H62N4O/c1-4-6-8-10-11-12-13-14-15-16-17-18-19-20-21-23-26-32-29(25-24-28-34-31-3)30(35)33-27-22-9-7-5-2/h29,32,34H,3-28H2,1-2H3,(H,33,35). The van der Waals surface area contributed by atoms with Crippen molar-refractivity contribution in [3.8, 4) is 0 Å². The van der Waals surface area contributed by atoms with Crippen LogP contribution >= 0.6 is 0 Å². The molecular formula is C30H62N4O. The Balaban J connectivity index is 3.67. The van der Waals surface area contributed by atoms with Crippen molar-refractivity contribution >= 4 is 12.6 Å². The molecule has 0 bridgehead atoms. The van der Waals surface area contributed by atoms with Crippen LogP contribution in [0.2, 0.25) is 0 Å². The van der Waals surface area contributed by atoms with Crippen molar-refractivity contribution in [1.82, 2.24) is 16.1 Å². The van der Waals surface area contributed by atoms with E-state index in [1.165, 1.54) is 116 Å². The van der Waals surface area contributed by atoms with Crippen LogP contribution in [0.1, 0.15) is 155 Å². The minimum absolute atomic E-state index is 0.0934. The lowest BCUT2D eigenvalue weighted by Gasteiger charge is -2.18. The molecule has 0 rings (SSSR count). The summed E-state index contributed by atoms with van der Waals surface area (Å²) in [6.07, 6.45) is 28.7. The molecule has 0 radical (unpaired) electrons. The third-order valence-corrected chi connectivity index (χ3v) is 6.96. The van der Waals surface area contributed by atoms with E-state index in [4.69, 9.17) is 0 Å². The van der Waals surface area contributed by atoms with Gasteiger partial charge in [0.05, 0.1) is 6.04 Å².